The largest absolute Gasteiger partial charge is 0.342 e. The SMILES string of the molecule is CC(c1nc2ccccc2[nH]1)C1C(=O)N(NC(=O)c2ccccc2Cl)C(=S)N(c2ccccc2)C1=O. The molecule has 1 aliphatic heterocycles. The van der Waals surface area contributed by atoms with Crippen LogP contribution in [-0.2, 0) is 9.59 Å². The molecule has 3 aromatic carbocycles. The molecular weight excluding hydrogens is 498 g/mol. The zero-order chi connectivity index (χ0) is 25.4. The predicted octanol–water partition coefficient (Wildman–Crippen LogP) is 4.44. The van der Waals surface area contributed by atoms with Gasteiger partial charge in [0.15, 0.2) is 0 Å². The maximum atomic E-state index is 13.7. The van der Waals surface area contributed by atoms with Crippen LogP contribution in [0.5, 0.6) is 0 Å². The number of hydrazine groups is 1. The number of carbonyl (C=O) groups is 3. The number of halogens is 1. The second-order valence-electron chi connectivity index (χ2n) is 8.29. The summed E-state index contributed by atoms with van der Waals surface area (Å²) in [5.41, 5.74) is 4.69. The third-order valence-corrected chi connectivity index (χ3v) is 6.74. The first-order valence-corrected chi connectivity index (χ1v) is 11.9. The lowest BCUT2D eigenvalue weighted by Crippen LogP contribution is -2.65. The van der Waals surface area contributed by atoms with E-state index < -0.39 is 29.6 Å². The number of thiocarbonyl (C=S) groups is 1. The normalized spacial score (nSPS) is 16.9. The summed E-state index contributed by atoms with van der Waals surface area (Å²) in [5.74, 6) is -3.18. The van der Waals surface area contributed by atoms with E-state index in [4.69, 9.17) is 23.8 Å². The lowest BCUT2D eigenvalue weighted by atomic mass is 9.89. The van der Waals surface area contributed by atoms with E-state index in [0.717, 1.165) is 16.0 Å². The first-order chi connectivity index (χ1) is 17.4. The lowest BCUT2D eigenvalue weighted by molar-refractivity contribution is -0.142. The molecule has 0 radical (unpaired) electrons. The summed E-state index contributed by atoms with van der Waals surface area (Å²) in [6.45, 7) is 1.74. The van der Waals surface area contributed by atoms with Gasteiger partial charge in [-0.1, -0.05) is 61.0 Å². The Balaban J connectivity index is 1.55. The minimum atomic E-state index is -1.20. The number of anilines is 1. The van der Waals surface area contributed by atoms with Crippen molar-refractivity contribution in [3.8, 4) is 0 Å². The average molecular weight is 518 g/mol. The maximum Gasteiger partial charge on any atom is 0.271 e. The number of amides is 3. The van der Waals surface area contributed by atoms with Crippen molar-refractivity contribution in [1.29, 1.82) is 0 Å². The molecule has 36 heavy (non-hydrogen) atoms. The number of aromatic nitrogens is 2. The number of benzene rings is 3. The number of nitrogens with zero attached hydrogens (tertiary/aromatic N) is 3. The molecule has 8 nitrogen and oxygen atoms in total. The second kappa shape index (κ2) is 9.52. The highest BCUT2D eigenvalue weighted by atomic mass is 35.5. The summed E-state index contributed by atoms with van der Waals surface area (Å²) in [4.78, 5) is 49.5. The first kappa shape index (κ1) is 23.7. The van der Waals surface area contributed by atoms with Crippen LogP contribution >= 0.6 is 23.8 Å². The van der Waals surface area contributed by atoms with E-state index in [1.54, 1.807) is 55.5 Å². The molecule has 1 saturated heterocycles. The summed E-state index contributed by atoms with van der Waals surface area (Å²) in [6.07, 6.45) is 0. The van der Waals surface area contributed by atoms with Crippen molar-refractivity contribution in [3.63, 3.8) is 0 Å². The zero-order valence-corrected chi connectivity index (χ0v) is 20.6. The van der Waals surface area contributed by atoms with Crippen LogP contribution in [0.15, 0.2) is 78.9 Å². The van der Waals surface area contributed by atoms with Gasteiger partial charge in [-0.15, -0.1) is 0 Å². The highest BCUT2D eigenvalue weighted by molar-refractivity contribution is 7.80. The monoisotopic (exact) mass is 517 g/mol. The van der Waals surface area contributed by atoms with Gasteiger partial charge >= 0.3 is 0 Å². The van der Waals surface area contributed by atoms with Crippen LogP contribution in [-0.4, -0.2) is 37.8 Å². The zero-order valence-electron chi connectivity index (χ0n) is 19.0. The number of rotatable bonds is 5. The molecule has 2 unspecified atom stereocenters. The molecular formula is C26H20ClN5O3S. The van der Waals surface area contributed by atoms with Crippen LogP contribution in [0.25, 0.3) is 11.0 Å². The van der Waals surface area contributed by atoms with Crippen LogP contribution in [0, 0.1) is 5.92 Å². The van der Waals surface area contributed by atoms with E-state index in [1.807, 2.05) is 24.3 Å². The van der Waals surface area contributed by atoms with Gasteiger partial charge in [-0.25, -0.2) is 4.98 Å². The number of nitrogens with one attached hydrogen (secondary N) is 2. The summed E-state index contributed by atoms with van der Waals surface area (Å²) < 4.78 is 0. The summed E-state index contributed by atoms with van der Waals surface area (Å²) >= 11 is 11.7. The summed E-state index contributed by atoms with van der Waals surface area (Å²) in [7, 11) is 0. The van der Waals surface area contributed by atoms with Crippen LogP contribution in [0.2, 0.25) is 5.02 Å². The topological polar surface area (TPSA) is 98.4 Å². The lowest BCUT2D eigenvalue weighted by Gasteiger charge is -2.40. The number of para-hydroxylation sites is 3. The third-order valence-electron chi connectivity index (χ3n) is 6.04. The van der Waals surface area contributed by atoms with Gasteiger partial charge in [-0.05, 0) is 48.6 Å². The quantitative estimate of drug-likeness (QED) is 0.301. The minimum absolute atomic E-state index is 0.162. The molecule has 0 bridgehead atoms. The van der Waals surface area contributed by atoms with E-state index in [-0.39, 0.29) is 15.7 Å². The number of H-pyrrole nitrogens is 1. The molecule has 10 heteroatoms. The van der Waals surface area contributed by atoms with Gasteiger partial charge < -0.3 is 4.98 Å². The Hall–Kier alpha value is -4.08. The van der Waals surface area contributed by atoms with Gasteiger partial charge in [-0.2, -0.15) is 5.01 Å². The van der Waals surface area contributed by atoms with Crippen molar-refractivity contribution in [2.24, 2.45) is 5.92 Å². The van der Waals surface area contributed by atoms with E-state index in [9.17, 15) is 14.4 Å². The Labute approximate surface area is 216 Å². The second-order valence-corrected chi connectivity index (χ2v) is 9.06. The molecule has 1 aliphatic rings. The van der Waals surface area contributed by atoms with E-state index in [0.29, 0.717) is 11.5 Å². The highest BCUT2D eigenvalue weighted by Crippen LogP contribution is 2.33. The molecule has 2 atom stereocenters. The fourth-order valence-corrected chi connectivity index (χ4v) is 4.72. The van der Waals surface area contributed by atoms with Crippen molar-refractivity contribution in [1.82, 2.24) is 20.4 Å². The number of imidazole rings is 1. The van der Waals surface area contributed by atoms with Gasteiger partial charge in [0.1, 0.15) is 11.7 Å². The van der Waals surface area contributed by atoms with Gasteiger partial charge in [0.05, 0.1) is 27.3 Å². The van der Waals surface area contributed by atoms with Crippen LogP contribution < -0.4 is 10.3 Å². The molecule has 0 spiro atoms. The molecule has 180 valence electrons. The van der Waals surface area contributed by atoms with E-state index >= 15 is 0 Å². The Morgan fingerprint density at radius 3 is 2.39 bits per heavy atom. The highest BCUT2D eigenvalue weighted by Gasteiger charge is 2.48. The molecule has 2 N–H and O–H groups in total. The van der Waals surface area contributed by atoms with Crippen LogP contribution in [0.3, 0.4) is 0 Å². The van der Waals surface area contributed by atoms with E-state index in [1.165, 1.54) is 11.0 Å². The number of hydrogen-bond acceptors (Lipinski definition) is 5. The molecule has 1 aromatic heterocycles. The van der Waals surface area contributed by atoms with Gasteiger partial charge in [0, 0.05) is 5.92 Å². The fraction of sp³-hybridized carbons (Fsp3) is 0.115. The van der Waals surface area contributed by atoms with Gasteiger partial charge in [0.2, 0.25) is 11.0 Å². The Morgan fingerprint density at radius 2 is 1.67 bits per heavy atom. The fourth-order valence-electron chi connectivity index (χ4n) is 4.17. The molecule has 0 aliphatic carbocycles. The Kier molecular flexibility index (Phi) is 6.26. The third kappa shape index (κ3) is 4.12. The molecule has 2 heterocycles. The first-order valence-electron chi connectivity index (χ1n) is 11.1. The number of hydrogen-bond donors (Lipinski definition) is 2. The Morgan fingerprint density at radius 1 is 1.00 bits per heavy atom. The molecule has 3 amide bonds. The standard InChI is InChI=1S/C26H20ClN5O3S/c1-15(22-28-19-13-7-8-14-20(19)29-22)21-24(34)31(16-9-3-2-4-10-16)26(36)32(25(21)35)30-23(33)17-11-5-6-12-18(17)27/h2-15,21H,1H3,(H,28,29)(H,30,33). The molecule has 5 rings (SSSR count). The average Bonchev–Trinajstić information content (AvgIpc) is 3.32. The van der Waals surface area contributed by atoms with Crippen LogP contribution in [0.4, 0.5) is 5.69 Å². The van der Waals surface area contributed by atoms with E-state index in [2.05, 4.69) is 15.4 Å². The smallest absolute Gasteiger partial charge is 0.271 e. The summed E-state index contributed by atoms with van der Waals surface area (Å²) in [6, 6.07) is 22.6. The molecule has 0 saturated carbocycles. The van der Waals surface area contributed by atoms with Gasteiger partial charge in [0.25, 0.3) is 11.8 Å². The van der Waals surface area contributed by atoms with Crippen molar-refractivity contribution in [2.45, 2.75) is 12.8 Å². The van der Waals surface area contributed by atoms with Crippen molar-refractivity contribution in [2.75, 3.05) is 4.90 Å². The maximum absolute atomic E-state index is 13.7. The minimum Gasteiger partial charge on any atom is -0.342 e. The number of fused-ring (bicyclic) bond motifs is 1. The van der Waals surface area contributed by atoms with Crippen molar-refractivity contribution in [3.05, 3.63) is 95.3 Å². The van der Waals surface area contributed by atoms with Crippen molar-refractivity contribution >= 4 is 63.4 Å². The van der Waals surface area contributed by atoms with Crippen LogP contribution in [0.1, 0.15) is 29.0 Å². The molecule has 4 aromatic rings. The van der Waals surface area contributed by atoms with Gasteiger partial charge in [-0.3, -0.25) is 24.7 Å². The summed E-state index contributed by atoms with van der Waals surface area (Å²) in [5, 5.41) is 0.998. The predicted molar refractivity (Wildman–Crippen MR) is 140 cm³/mol. The van der Waals surface area contributed by atoms with Crippen molar-refractivity contribution < 1.29 is 14.4 Å². The molecule has 1 fully saturated rings. The number of aromatic amines is 1. The number of carbonyl (C=O) groups excluding carboxylic acids is 3. The Bertz CT molecular complexity index is 1470.